The highest BCUT2D eigenvalue weighted by atomic mass is 16.5. The normalized spacial score (nSPS) is 19.8. The molecule has 0 aromatic heterocycles. The number of rotatable bonds is 8. The highest BCUT2D eigenvalue weighted by molar-refractivity contribution is 5.87. The van der Waals surface area contributed by atoms with Crippen LogP contribution in [0.25, 0.3) is 11.1 Å². The third-order valence-electron chi connectivity index (χ3n) is 7.65. The number of alkyl carbamates (subject to hydrolysis) is 1. The molecule has 1 aliphatic heterocycles. The topological polar surface area (TPSA) is 95.9 Å². The third-order valence-corrected chi connectivity index (χ3v) is 7.65. The van der Waals surface area contributed by atoms with Crippen molar-refractivity contribution in [3.05, 3.63) is 59.7 Å². The number of carbonyl (C=O) groups excluding carboxylic acids is 2. The molecule has 2 aromatic rings. The van der Waals surface area contributed by atoms with Crippen molar-refractivity contribution in [2.45, 2.75) is 52.0 Å². The summed E-state index contributed by atoms with van der Waals surface area (Å²) in [6.07, 6.45) is 0.935. The molecular weight excluding hydrogens is 444 g/mol. The lowest BCUT2D eigenvalue weighted by Gasteiger charge is -2.30. The van der Waals surface area contributed by atoms with Crippen LogP contribution in [0.3, 0.4) is 0 Å². The van der Waals surface area contributed by atoms with Gasteiger partial charge in [-0.1, -0.05) is 75.7 Å². The van der Waals surface area contributed by atoms with Gasteiger partial charge in [0.15, 0.2) is 0 Å². The molecule has 2 aromatic carbocycles. The van der Waals surface area contributed by atoms with Gasteiger partial charge in [0.25, 0.3) is 0 Å². The summed E-state index contributed by atoms with van der Waals surface area (Å²) in [6.45, 7) is 6.40. The Bertz CT molecular complexity index is 1070. The first-order chi connectivity index (χ1) is 16.8. The molecule has 0 saturated carbocycles. The zero-order chi connectivity index (χ0) is 25.2. The van der Waals surface area contributed by atoms with Gasteiger partial charge in [0.1, 0.15) is 12.6 Å². The molecule has 35 heavy (non-hydrogen) atoms. The minimum atomic E-state index is -0.948. The zero-order valence-corrected chi connectivity index (χ0v) is 20.6. The summed E-state index contributed by atoms with van der Waals surface area (Å²) in [4.78, 5) is 39.6. The summed E-state index contributed by atoms with van der Waals surface area (Å²) in [5.41, 5.74) is 3.60. The number of ether oxygens (including phenoxy) is 1. The van der Waals surface area contributed by atoms with E-state index in [1.165, 1.54) is 0 Å². The highest BCUT2D eigenvalue weighted by Gasteiger charge is 2.49. The van der Waals surface area contributed by atoms with Crippen LogP contribution >= 0.6 is 0 Å². The number of carboxylic acid groups (broad SMARTS) is 1. The van der Waals surface area contributed by atoms with Crippen molar-refractivity contribution in [1.29, 1.82) is 0 Å². The van der Waals surface area contributed by atoms with Gasteiger partial charge in [0.2, 0.25) is 5.91 Å². The summed E-state index contributed by atoms with van der Waals surface area (Å²) in [7, 11) is 0. The Morgan fingerprint density at radius 2 is 1.69 bits per heavy atom. The van der Waals surface area contributed by atoms with Crippen LogP contribution in [0.5, 0.6) is 0 Å². The van der Waals surface area contributed by atoms with Crippen molar-refractivity contribution in [3.8, 4) is 11.1 Å². The van der Waals surface area contributed by atoms with Gasteiger partial charge in [-0.25, -0.2) is 4.79 Å². The average Bonchev–Trinajstić information content (AvgIpc) is 3.43. The van der Waals surface area contributed by atoms with Crippen LogP contribution in [-0.2, 0) is 14.3 Å². The van der Waals surface area contributed by atoms with E-state index in [2.05, 4.69) is 29.6 Å². The van der Waals surface area contributed by atoms with Crippen LogP contribution in [0.4, 0.5) is 4.79 Å². The predicted molar refractivity (Wildman–Crippen MR) is 133 cm³/mol. The quantitative estimate of drug-likeness (QED) is 0.576. The Kier molecular flexibility index (Phi) is 7.15. The average molecular weight is 479 g/mol. The first-order valence-electron chi connectivity index (χ1n) is 12.4. The number of fused-ring (bicyclic) bond motifs is 3. The second-order valence-corrected chi connectivity index (χ2v) is 9.94. The molecule has 1 saturated heterocycles. The van der Waals surface area contributed by atoms with Crippen LogP contribution < -0.4 is 5.32 Å². The Labute approximate surface area is 206 Å². The van der Waals surface area contributed by atoms with E-state index in [9.17, 15) is 19.5 Å². The molecule has 1 aliphatic carbocycles. The number of aliphatic carboxylic acids is 1. The number of hydrogen-bond acceptors (Lipinski definition) is 4. The molecule has 4 rings (SSSR count). The smallest absolute Gasteiger partial charge is 0.407 e. The van der Waals surface area contributed by atoms with Gasteiger partial charge in [-0.2, -0.15) is 0 Å². The van der Waals surface area contributed by atoms with Crippen LogP contribution in [0, 0.1) is 11.3 Å². The summed E-state index contributed by atoms with van der Waals surface area (Å²) < 4.78 is 5.63. The fourth-order valence-electron chi connectivity index (χ4n) is 5.46. The molecular formula is C28H34N2O5. The molecule has 186 valence electrons. The molecule has 0 spiro atoms. The fourth-order valence-corrected chi connectivity index (χ4v) is 5.46. The van der Waals surface area contributed by atoms with Crippen molar-refractivity contribution < 1.29 is 24.2 Å². The second-order valence-electron chi connectivity index (χ2n) is 9.94. The minimum Gasteiger partial charge on any atom is -0.481 e. The second kappa shape index (κ2) is 10.1. The van der Waals surface area contributed by atoms with Crippen molar-refractivity contribution in [2.75, 3.05) is 19.7 Å². The van der Waals surface area contributed by atoms with Gasteiger partial charge in [0, 0.05) is 19.0 Å². The van der Waals surface area contributed by atoms with Gasteiger partial charge in [-0.05, 0) is 41.0 Å². The van der Waals surface area contributed by atoms with Gasteiger partial charge < -0.3 is 20.1 Å². The van der Waals surface area contributed by atoms with Gasteiger partial charge in [-0.15, -0.1) is 0 Å². The van der Waals surface area contributed by atoms with E-state index < -0.39 is 23.5 Å². The minimum absolute atomic E-state index is 0.0608. The Hall–Kier alpha value is -3.35. The van der Waals surface area contributed by atoms with Crippen LogP contribution in [0.15, 0.2) is 48.5 Å². The molecule has 1 fully saturated rings. The molecule has 0 radical (unpaired) electrons. The number of likely N-dealkylation sites (tertiary alicyclic amines) is 1. The van der Waals surface area contributed by atoms with Gasteiger partial charge >= 0.3 is 12.1 Å². The van der Waals surface area contributed by atoms with E-state index in [4.69, 9.17) is 4.74 Å². The number of nitrogens with one attached hydrogen (secondary N) is 1. The molecule has 1 unspecified atom stereocenters. The number of amides is 2. The molecule has 1 heterocycles. The van der Waals surface area contributed by atoms with Crippen LogP contribution in [0.2, 0.25) is 0 Å². The molecule has 0 bridgehead atoms. The Balaban J connectivity index is 1.41. The molecule has 2 N–H and O–H groups in total. The van der Waals surface area contributed by atoms with E-state index in [-0.39, 0.29) is 30.9 Å². The zero-order valence-electron chi connectivity index (χ0n) is 20.6. The Morgan fingerprint density at radius 1 is 1.09 bits per heavy atom. The van der Waals surface area contributed by atoms with Crippen molar-refractivity contribution >= 4 is 18.0 Å². The lowest BCUT2D eigenvalue weighted by Crippen LogP contribution is -2.49. The van der Waals surface area contributed by atoms with E-state index in [0.29, 0.717) is 25.8 Å². The number of benzene rings is 2. The van der Waals surface area contributed by atoms with Crippen molar-refractivity contribution in [3.63, 3.8) is 0 Å². The number of nitrogens with zero attached hydrogens (tertiary/aromatic N) is 1. The highest BCUT2D eigenvalue weighted by Crippen LogP contribution is 2.44. The molecule has 2 amide bonds. The maximum absolute atomic E-state index is 13.3. The van der Waals surface area contributed by atoms with Crippen molar-refractivity contribution in [2.24, 2.45) is 11.3 Å². The lowest BCUT2D eigenvalue weighted by molar-refractivity contribution is -0.151. The van der Waals surface area contributed by atoms with Gasteiger partial charge in [0.05, 0.1) is 5.41 Å². The summed E-state index contributed by atoms with van der Waals surface area (Å²) in [5.74, 6) is -1.28. The summed E-state index contributed by atoms with van der Waals surface area (Å²) in [6, 6.07) is 15.5. The number of hydrogen-bond donors (Lipinski definition) is 2. The first kappa shape index (κ1) is 24.8. The molecule has 7 heteroatoms. The standard InChI is InChI=1S/C28H34N2O5/c1-4-9-24(25(31)30-15-14-28(17-30,18(2)3)26(32)33)29-27(34)35-16-23-21-12-7-5-10-19(21)20-11-6-8-13-22(20)23/h5-8,10-13,18,23-24H,4,9,14-17H2,1-3H3,(H,29,34)(H,32,33)/t24-,28?/m0/s1. The number of carbonyl (C=O) groups is 3. The van der Waals surface area contributed by atoms with Gasteiger partial charge in [-0.3, -0.25) is 9.59 Å². The molecule has 2 aliphatic rings. The monoisotopic (exact) mass is 478 g/mol. The summed E-state index contributed by atoms with van der Waals surface area (Å²) in [5, 5.41) is 12.6. The van der Waals surface area contributed by atoms with E-state index in [1.807, 2.05) is 45.0 Å². The van der Waals surface area contributed by atoms with Crippen LogP contribution in [-0.4, -0.2) is 53.7 Å². The largest absolute Gasteiger partial charge is 0.481 e. The summed E-state index contributed by atoms with van der Waals surface area (Å²) >= 11 is 0. The number of carboxylic acids is 1. The van der Waals surface area contributed by atoms with Crippen molar-refractivity contribution in [1.82, 2.24) is 10.2 Å². The SMILES string of the molecule is CCC[C@H](NC(=O)OCC1c2ccccc2-c2ccccc21)C(=O)N1CCC(C(=O)O)(C(C)C)C1. The lowest BCUT2D eigenvalue weighted by atomic mass is 9.76. The van der Waals surface area contributed by atoms with E-state index >= 15 is 0 Å². The third kappa shape index (κ3) is 4.64. The molecule has 2 atom stereocenters. The fraction of sp³-hybridized carbons (Fsp3) is 0.464. The predicted octanol–water partition coefficient (Wildman–Crippen LogP) is 4.65. The first-order valence-corrected chi connectivity index (χ1v) is 12.4. The van der Waals surface area contributed by atoms with E-state index in [0.717, 1.165) is 22.3 Å². The Morgan fingerprint density at radius 3 is 2.20 bits per heavy atom. The maximum atomic E-state index is 13.3. The molecule has 7 nitrogen and oxygen atoms in total. The maximum Gasteiger partial charge on any atom is 0.407 e. The van der Waals surface area contributed by atoms with E-state index in [1.54, 1.807) is 4.90 Å². The van der Waals surface area contributed by atoms with Crippen LogP contribution in [0.1, 0.15) is 57.1 Å².